The van der Waals surface area contributed by atoms with Gasteiger partial charge >= 0.3 is 0 Å². The van der Waals surface area contributed by atoms with Crippen LogP contribution in [-0.2, 0) is 6.42 Å². The summed E-state index contributed by atoms with van der Waals surface area (Å²) in [6, 6.07) is 8.66. The van der Waals surface area contributed by atoms with Crippen molar-refractivity contribution >= 4 is 6.08 Å². The summed E-state index contributed by atoms with van der Waals surface area (Å²) in [7, 11) is 0. The summed E-state index contributed by atoms with van der Waals surface area (Å²) in [5.74, 6) is -6.72. The maximum absolute atomic E-state index is 14.0. The van der Waals surface area contributed by atoms with Gasteiger partial charge in [0, 0.05) is 6.42 Å². The molecule has 0 saturated heterocycles. The third-order valence-corrected chi connectivity index (χ3v) is 3.43. The highest BCUT2D eigenvalue weighted by Gasteiger charge is 2.31. The van der Waals surface area contributed by atoms with Crippen LogP contribution in [0.3, 0.4) is 0 Å². The fourth-order valence-electron chi connectivity index (χ4n) is 2.20. The maximum Gasteiger partial charge on any atom is 0.285 e. The van der Waals surface area contributed by atoms with Crippen LogP contribution in [0.15, 0.2) is 43.0 Å². The highest BCUT2D eigenvalue weighted by atomic mass is 19.3. The van der Waals surface area contributed by atoms with Crippen LogP contribution >= 0.6 is 0 Å². The zero-order valence-electron chi connectivity index (χ0n) is 13.7. The lowest BCUT2D eigenvalue weighted by Crippen LogP contribution is -2.28. The fourth-order valence-corrected chi connectivity index (χ4v) is 2.20. The summed E-state index contributed by atoms with van der Waals surface area (Å²) >= 11 is 0. The van der Waals surface area contributed by atoms with Crippen molar-refractivity contribution in [2.75, 3.05) is 13.2 Å². The predicted octanol–water partition coefficient (Wildman–Crippen LogP) is 5.26. The second-order valence-corrected chi connectivity index (χ2v) is 5.39. The van der Waals surface area contributed by atoms with Gasteiger partial charge in [0.15, 0.2) is 18.1 Å². The van der Waals surface area contributed by atoms with Gasteiger partial charge in [0.1, 0.15) is 0 Å². The molecule has 0 radical (unpaired) electrons. The molecule has 0 saturated carbocycles. The zero-order chi connectivity index (χ0) is 18.4. The van der Waals surface area contributed by atoms with Crippen LogP contribution in [0.5, 0.6) is 11.5 Å². The minimum Gasteiger partial charge on any atom is -0.491 e. The molecular formula is C19H18F4O2. The molecule has 0 spiro atoms. The summed E-state index contributed by atoms with van der Waals surface area (Å²) in [4.78, 5) is 0. The van der Waals surface area contributed by atoms with E-state index in [9.17, 15) is 17.6 Å². The quantitative estimate of drug-likeness (QED) is 0.602. The van der Waals surface area contributed by atoms with Gasteiger partial charge in [0.25, 0.3) is 5.92 Å². The third kappa shape index (κ3) is 4.98. The van der Waals surface area contributed by atoms with Crippen LogP contribution in [-0.4, -0.2) is 19.1 Å². The van der Waals surface area contributed by atoms with Crippen LogP contribution in [0.1, 0.15) is 18.1 Å². The van der Waals surface area contributed by atoms with E-state index in [1.165, 1.54) is 0 Å². The first-order valence-corrected chi connectivity index (χ1v) is 7.69. The Hall–Kier alpha value is -2.50. The lowest BCUT2D eigenvalue weighted by Gasteiger charge is -2.18. The Balaban J connectivity index is 2.03. The van der Waals surface area contributed by atoms with Gasteiger partial charge in [-0.1, -0.05) is 36.9 Å². The average molecular weight is 354 g/mol. The molecule has 0 heterocycles. The Labute approximate surface area is 143 Å². The van der Waals surface area contributed by atoms with E-state index in [1.807, 2.05) is 0 Å². The van der Waals surface area contributed by atoms with E-state index in [1.54, 1.807) is 37.3 Å². The van der Waals surface area contributed by atoms with Gasteiger partial charge in [0.2, 0.25) is 11.6 Å². The van der Waals surface area contributed by atoms with Crippen LogP contribution in [0, 0.1) is 11.6 Å². The molecule has 0 aromatic heterocycles. The molecule has 0 aliphatic heterocycles. The summed E-state index contributed by atoms with van der Waals surface area (Å²) in [5, 5.41) is 0. The average Bonchev–Trinajstić information content (AvgIpc) is 2.59. The maximum atomic E-state index is 14.0. The minimum absolute atomic E-state index is 0.152. The SMILES string of the molecule is C=Cc1ccc(CC(F)(F)COc2ccc(OCC)c(F)c2F)cc1. The minimum atomic E-state index is -3.24. The van der Waals surface area contributed by atoms with Crippen molar-refractivity contribution in [1.82, 2.24) is 0 Å². The Morgan fingerprint density at radius 3 is 2.04 bits per heavy atom. The van der Waals surface area contributed by atoms with Crippen molar-refractivity contribution in [2.24, 2.45) is 0 Å². The summed E-state index contributed by atoms with van der Waals surface area (Å²) in [6.07, 6.45) is 1.03. The molecule has 0 aliphatic rings. The third-order valence-electron chi connectivity index (χ3n) is 3.43. The largest absolute Gasteiger partial charge is 0.491 e. The normalized spacial score (nSPS) is 11.2. The summed E-state index contributed by atoms with van der Waals surface area (Å²) in [6.45, 7) is 4.29. The molecule has 2 rings (SSSR count). The van der Waals surface area contributed by atoms with Gasteiger partial charge in [-0.3, -0.25) is 0 Å². The van der Waals surface area contributed by atoms with E-state index in [-0.39, 0.29) is 12.4 Å². The lowest BCUT2D eigenvalue weighted by molar-refractivity contribution is -0.0410. The van der Waals surface area contributed by atoms with Gasteiger partial charge in [-0.05, 0) is 30.2 Å². The van der Waals surface area contributed by atoms with Crippen molar-refractivity contribution in [2.45, 2.75) is 19.3 Å². The molecule has 0 unspecified atom stereocenters. The van der Waals surface area contributed by atoms with Crippen LogP contribution in [0.2, 0.25) is 0 Å². The molecular weight excluding hydrogens is 336 g/mol. The summed E-state index contributed by atoms with van der Waals surface area (Å²) < 4.78 is 65.3. The molecule has 0 N–H and O–H groups in total. The number of benzene rings is 2. The Morgan fingerprint density at radius 1 is 0.960 bits per heavy atom. The van der Waals surface area contributed by atoms with Crippen molar-refractivity contribution in [1.29, 1.82) is 0 Å². The number of hydrogen-bond donors (Lipinski definition) is 0. The van der Waals surface area contributed by atoms with E-state index in [0.29, 0.717) is 5.56 Å². The molecule has 0 bridgehead atoms. The van der Waals surface area contributed by atoms with Gasteiger partial charge in [0.05, 0.1) is 6.61 Å². The van der Waals surface area contributed by atoms with Crippen molar-refractivity contribution in [3.05, 3.63) is 65.7 Å². The predicted molar refractivity (Wildman–Crippen MR) is 88.2 cm³/mol. The lowest BCUT2D eigenvalue weighted by atomic mass is 10.1. The van der Waals surface area contributed by atoms with Gasteiger partial charge in [-0.2, -0.15) is 8.78 Å². The van der Waals surface area contributed by atoms with Crippen LogP contribution in [0.4, 0.5) is 17.6 Å². The fraction of sp³-hybridized carbons (Fsp3) is 0.263. The van der Waals surface area contributed by atoms with Crippen molar-refractivity contribution < 1.29 is 27.0 Å². The highest BCUT2D eigenvalue weighted by molar-refractivity contribution is 5.47. The number of ether oxygens (including phenoxy) is 2. The molecule has 2 nitrogen and oxygen atoms in total. The van der Waals surface area contributed by atoms with E-state index >= 15 is 0 Å². The second-order valence-electron chi connectivity index (χ2n) is 5.39. The van der Waals surface area contributed by atoms with E-state index < -0.39 is 36.3 Å². The topological polar surface area (TPSA) is 18.5 Å². The van der Waals surface area contributed by atoms with E-state index in [0.717, 1.165) is 17.7 Å². The first kappa shape index (κ1) is 18.8. The highest BCUT2D eigenvalue weighted by Crippen LogP contribution is 2.29. The molecule has 6 heteroatoms. The zero-order valence-corrected chi connectivity index (χ0v) is 13.7. The van der Waals surface area contributed by atoms with Crippen LogP contribution < -0.4 is 9.47 Å². The van der Waals surface area contributed by atoms with Crippen LogP contribution in [0.25, 0.3) is 6.08 Å². The Bertz CT molecular complexity index is 727. The number of halogens is 4. The second kappa shape index (κ2) is 8.05. The monoisotopic (exact) mass is 354 g/mol. The van der Waals surface area contributed by atoms with Crippen molar-refractivity contribution in [3.8, 4) is 11.5 Å². The molecule has 25 heavy (non-hydrogen) atoms. The van der Waals surface area contributed by atoms with E-state index in [4.69, 9.17) is 9.47 Å². The number of hydrogen-bond acceptors (Lipinski definition) is 2. The first-order chi connectivity index (χ1) is 11.9. The Morgan fingerprint density at radius 2 is 1.52 bits per heavy atom. The number of rotatable bonds is 8. The molecule has 2 aromatic rings. The number of alkyl halides is 2. The smallest absolute Gasteiger partial charge is 0.285 e. The molecule has 2 aromatic carbocycles. The molecule has 0 aliphatic carbocycles. The first-order valence-electron chi connectivity index (χ1n) is 7.69. The standard InChI is InChI=1S/C19H18F4O2/c1-3-13-5-7-14(8-6-13)11-19(22,23)12-25-16-10-9-15(24-4-2)17(20)18(16)21/h3,5-10H,1,4,11-12H2,2H3. The van der Waals surface area contributed by atoms with Gasteiger partial charge in [-0.15, -0.1) is 0 Å². The summed E-state index contributed by atoms with van der Waals surface area (Å²) in [5.41, 5.74) is 1.22. The van der Waals surface area contributed by atoms with Gasteiger partial charge in [-0.25, -0.2) is 8.78 Å². The molecule has 0 atom stereocenters. The Kier molecular flexibility index (Phi) is 6.07. The molecule has 0 fully saturated rings. The van der Waals surface area contributed by atoms with E-state index in [2.05, 4.69) is 6.58 Å². The molecule has 0 amide bonds. The van der Waals surface area contributed by atoms with Gasteiger partial charge < -0.3 is 9.47 Å². The molecule has 134 valence electrons. The van der Waals surface area contributed by atoms with Crippen molar-refractivity contribution in [3.63, 3.8) is 0 Å².